The summed E-state index contributed by atoms with van der Waals surface area (Å²) in [4.78, 5) is 74.6. The Hall–Kier alpha value is -3.33. The number of hydrogen-bond donors (Lipinski definition) is 2. The lowest BCUT2D eigenvalue weighted by molar-refractivity contribution is -0.150. The van der Waals surface area contributed by atoms with Gasteiger partial charge in [0, 0.05) is 48.7 Å². The maximum atomic E-state index is 13.7. The second-order valence-electron chi connectivity index (χ2n) is 24.5. The van der Waals surface area contributed by atoms with Crippen LogP contribution in [0.4, 0.5) is 4.79 Å². The molecule has 0 spiro atoms. The van der Waals surface area contributed by atoms with Gasteiger partial charge in [0.15, 0.2) is 16.6 Å². The first-order valence-corrected chi connectivity index (χ1v) is 34.7. The molecule has 15 nitrogen and oxygen atoms in total. The zero-order chi connectivity index (χ0) is 52.5. The quantitative estimate of drug-likeness (QED) is 0.0237. The number of amides is 2. The molecule has 2 aliphatic rings. The predicted molar refractivity (Wildman–Crippen MR) is 290 cm³/mol. The number of carbonyl (C=O) groups is 6. The minimum Gasteiger partial charge on any atom is -0.462 e. The fraction of sp³-hybridized carbons (Fsp3) is 0.811. The third kappa shape index (κ3) is 28.6. The molecule has 4 unspecified atom stereocenters. The van der Waals surface area contributed by atoms with Crippen LogP contribution < -0.4 is 10.6 Å². The van der Waals surface area contributed by atoms with Crippen molar-refractivity contribution in [3.05, 3.63) is 24.3 Å². The molecule has 0 aliphatic heterocycles. The van der Waals surface area contributed by atoms with Gasteiger partial charge < -0.3 is 43.2 Å². The van der Waals surface area contributed by atoms with Crippen molar-refractivity contribution in [2.75, 3.05) is 46.2 Å². The minimum absolute atomic E-state index is 0. The lowest BCUT2D eigenvalue weighted by atomic mass is 9.61. The smallest absolute Gasteiger partial charge is 0.407 e. The maximum Gasteiger partial charge on any atom is 0.407 e. The number of nitrogens with one attached hydrogen (secondary N) is 2. The lowest BCUT2D eigenvalue weighted by Crippen LogP contribution is -2.51. The zero-order valence-corrected chi connectivity index (χ0v) is 48.2. The van der Waals surface area contributed by atoms with Gasteiger partial charge in [0.1, 0.15) is 33.0 Å². The van der Waals surface area contributed by atoms with Gasteiger partial charge >= 0.3 is 30.0 Å². The highest BCUT2D eigenvalue weighted by molar-refractivity contribution is 6.97. The van der Waals surface area contributed by atoms with E-state index in [2.05, 4.69) is 105 Å². The Morgan fingerprint density at radius 1 is 0.563 bits per heavy atom. The zero-order valence-electron chi connectivity index (χ0n) is 45.2. The van der Waals surface area contributed by atoms with E-state index in [1.165, 1.54) is 0 Å². The van der Waals surface area contributed by atoms with E-state index in [-0.39, 0.29) is 118 Å². The molecule has 0 saturated heterocycles. The average molecular weight is 1060 g/mol. The van der Waals surface area contributed by atoms with Gasteiger partial charge in [-0.05, 0) is 131 Å². The molecular formula is C53H100N2O13Si3. The van der Waals surface area contributed by atoms with Crippen molar-refractivity contribution in [1.29, 1.82) is 0 Å². The molecule has 0 aromatic rings. The van der Waals surface area contributed by atoms with Gasteiger partial charge in [0.25, 0.3) is 0 Å². The molecule has 2 rings (SSSR count). The van der Waals surface area contributed by atoms with Gasteiger partial charge in [0.2, 0.25) is 5.91 Å². The summed E-state index contributed by atoms with van der Waals surface area (Å²) in [7, 11) is -6.12. The molecule has 2 fully saturated rings. The van der Waals surface area contributed by atoms with Gasteiger partial charge in [-0.25, -0.2) is 14.4 Å². The van der Waals surface area contributed by atoms with E-state index in [1.807, 2.05) is 0 Å². The molecule has 0 heterocycles. The van der Waals surface area contributed by atoms with Gasteiger partial charge in [0.05, 0.1) is 14.7 Å². The minimum atomic E-state index is -2.11. The molecule has 2 amide bonds. The maximum absolute atomic E-state index is 13.7. The van der Waals surface area contributed by atoms with Crippen LogP contribution in [0.25, 0.3) is 0 Å². The average Bonchev–Trinajstić information content (AvgIpc) is 3.16. The fourth-order valence-electron chi connectivity index (χ4n) is 11.5. The summed E-state index contributed by atoms with van der Waals surface area (Å²) in [6, 6.07) is 1.40. The molecule has 2 saturated carbocycles. The summed E-state index contributed by atoms with van der Waals surface area (Å²) in [5.74, 6) is -1.58. The Labute approximate surface area is 433 Å². The molecule has 18 heteroatoms. The van der Waals surface area contributed by atoms with E-state index in [0.717, 1.165) is 50.2 Å². The van der Waals surface area contributed by atoms with Crippen LogP contribution in [0.2, 0.25) is 57.0 Å². The monoisotopic (exact) mass is 1060 g/mol. The lowest BCUT2D eigenvalue weighted by Gasteiger charge is -2.47. The molecule has 0 aromatic carbocycles. The van der Waals surface area contributed by atoms with Crippen molar-refractivity contribution in [3.63, 3.8) is 0 Å². The largest absolute Gasteiger partial charge is 0.462 e. The summed E-state index contributed by atoms with van der Waals surface area (Å²) >= 11 is 0. The van der Waals surface area contributed by atoms with Gasteiger partial charge in [-0.2, -0.15) is 0 Å². The molecule has 412 valence electrons. The second kappa shape index (κ2) is 29.5. The first-order chi connectivity index (χ1) is 31.6. The van der Waals surface area contributed by atoms with Gasteiger partial charge in [-0.3, -0.25) is 14.4 Å². The van der Waals surface area contributed by atoms with E-state index < -0.39 is 42.7 Å². The van der Waals surface area contributed by atoms with E-state index in [4.69, 9.17) is 32.5 Å². The van der Waals surface area contributed by atoms with Crippen molar-refractivity contribution < 1.29 is 61.3 Å². The van der Waals surface area contributed by atoms with Crippen LogP contribution in [0.1, 0.15) is 141 Å². The first-order valence-electron chi connectivity index (χ1n) is 25.1. The van der Waals surface area contributed by atoms with Gasteiger partial charge in [-0.15, -0.1) is 0 Å². The van der Waals surface area contributed by atoms with Crippen LogP contribution in [-0.2, 0) is 56.5 Å². The van der Waals surface area contributed by atoms with Crippen LogP contribution >= 0.6 is 0 Å². The molecular weight excluding hydrogens is 957 g/mol. The summed E-state index contributed by atoms with van der Waals surface area (Å²) in [5, 5.41) is 6.46. The van der Waals surface area contributed by atoms with Crippen LogP contribution in [0.15, 0.2) is 24.3 Å². The van der Waals surface area contributed by atoms with E-state index in [0.29, 0.717) is 44.1 Å². The molecule has 0 bridgehead atoms. The van der Waals surface area contributed by atoms with E-state index in [9.17, 15) is 28.8 Å². The van der Waals surface area contributed by atoms with Crippen LogP contribution in [0, 0.1) is 21.7 Å². The number of carbonyl (C=O) groups excluding carboxylic acids is 6. The highest BCUT2D eigenvalue weighted by atomic mass is 28.4. The van der Waals surface area contributed by atoms with Crippen LogP contribution in [0.3, 0.4) is 0 Å². The van der Waals surface area contributed by atoms with E-state index >= 15 is 0 Å². The SMILES string of the molecule is C.C.C=C(C)C(=O)OCCOC(=O)CCC1(C)CC(NC(=O)C[Si](C)(C)C[Si](C)(C)O[Si](C)(C)CCCOCCOC(=O)NC2CC(C)(C)CC(C)(CCC(=O)OCCOC(=O)C(=C)C)C2)CC(C)(C)C1. The Kier molecular flexibility index (Phi) is 28.1. The number of hydrogen-bond acceptors (Lipinski definition) is 13. The number of alkyl carbamates (subject to hydrolysis) is 1. The predicted octanol–water partition coefficient (Wildman–Crippen LogP) is 11.2. The molecule has 2 aliphatic carbocycles. The normalized spacial score (nSPS) is 21.7. The molecule has 71 heavy (non-hydrogen) atoms. The van der Waals surface area contributed by atoms with E-state index in [1.54, 1.807) is 13.8 Å². The van der Waals surface area contributed by atoms with Gasteiger partial charge in [-0.1, -0.05) is 82.6 Å². The van der Waals surface area contributed by atoms with Crippen LogP contribution in [-0.4, -0.2) is 119 Å². The second-order valence-corrected chi connectivity index (χ2v) is 38.9. The molecule has 0 radical (unpaired) electrons. The van der Waals surface area contributed by atoms with Crippen molar-refractivity contribution in [3.8, 4) is 0 Å². The highest BCUT2D eigenvalue weighted by Gasteiger charge is 2.44. The van der Waals surface area contributed by atoms with Crippen molar-refractivity contribution in [2.45, 2.75) is 210 Å². The molecule has 0 aromatic heterocycles. The fourth-order valence-corrected chi connectivity index (χ4v) is 30.5. The van der Waals surface area contributed by atoms with Crippen molar-refractivity contribution >= 4 is 60.6 Å². The van der Waals surface area contributed by atoms with Crippen LogP contribution in [0.5, 0.6) is 0 Å². The summed E-state index contributed by atoms with van der Waals surface area (Å²) in [6.45, 7) is 38.0. The standard InChI is InChI=1S/C51H92N2O13Si3.2CH4/c1-38(2)45(57)63-27-25-61-43(55)18-20-50(9)32-40(30-48(5,6)35-50)52-42(54)34-67(11,12)37-69(15,16)66-68(13,14)29-17-22-60-23-24-65-47(59)53-41-31-49(7,8)36-51(10,33-41)21-19-44(56)62-26-28-64-46(58)39(3)4;;/h40-41H,1,3,17-37H2,2,4-16H3,(H,52,54)(H,53,59);2*1H4. The van der Waals surface area contributed by atoms with Crippen molar-refractivity contribution in [1.82, 2.24) is 10.6 Å². The summed E-state index contributed by atoms with van der Waals surface area (Å²) in [5.41, 5.74) is 1.20. The van der Waals surface area contributed by atoms with Crippen molar-refractivity contribution in [2.24, 2.45) is 21.7 Å². The Bertz CT molecular complexity index is 1780. The Balaban J connectivity index is 0.0000245. The number of ether oxygens (including phenoxy) is 6. The number of esters is 4. The molecule has 4 atom stereocenters. The topological polar surface area (TPSA) is 191 Å². The molecule has 2 N–H and O–H groups in total. The third-order valence-electron chi connectivity index (χ3n) is 12.9. The number of rotatable bonds is 29. The Morgan fingerprint density at radius 3 is 1.44 bits per heavy atom. The highest BCUT2D eigenvalue weighted by Crippen LogP contribution is 2.50. The first kappa shape index (κ1) is 67.7. The summed E-state index contributed by atoms with van der Waals surface area (Å²) < 4.78 is 39.0. The summed E-state index contributed by atoms with van der Waals surface area (Å²) in [6.07, 6.45) is 7.17. The third-order valence-corrected chi connectivity index (χ3v) is 27.4. The Morgan fingerprint density at radius 2 is 0.986 bits per heavy atom.